The fourth-order valence-corrected chi connectivity index (χ4v) is 3.59. The molecule has 0 radical (unpaired) electrons. The molecule has 1 amide bonds. The Morgan fingerprint density at radius 1 is 1.21 bits per heavy atom. The van der Waals surface area contributed by atoms with Crippen LogP contribution in [0.15, 0.2) is 42.5 Å². The second-order valence-corrected chi connectivity index (χ2v) is 7.46. The number of carbonyl (C=O) groups excluding carboxylic acids is 1. The van der Waals surface area contributed by atoms with E-state index in [-0.39, 0.29) is 18.1 Å². The molecular weight excluding hydrogens is 381 g/mol. The van der Waals surface area contributed by atoms with E-state index in [2.05, 4.69) is 5.32 Å². The summed E-state index contributed by atoms with van der Waals surface area (Å²) in [6.45, 7) is 6.38. The van der Waals surface area contributed by atoms with Gasteiger partial charge in [0.2, 0.25) is 5.91 Å². The van der Waals surface area contributed by atoms with E-state index in [1.165, 1.54) is 19.1 Å². The van der Waals surface area contributed by atoms with Crippen molar-refractivity contribution in [2.75, 3.05) is 18.0 Å². The Morgan fingerprint density at radius 3 is 2.52 bits per heavy atom. The molecule has 1 aliphatic rings. The molecule has 1 heterocycles. The van der Waals surface area contributed by atoms with E-state index in [4.69, 9.17) is 4.74 Å². The quantitative estimate of drug-likeness (QED) is 0.770. The molecule has 1 saturated heterocycles. The Bertz CT molecular complexity index is 865. The highest BCUT2D eigenvalue weighted by molar-refractivity contribution is 5.73. The van der Waals surface area contributed by atoms with E-state index in [0.29, 0.717) is 24.5 Å². The van der Waals surface area contributed by atoms with Crippen molar-refractivity contribution in [1.82, 2.24) is 5.32 Å². The molecule has 2 aromatic rings. The fourth-order valence-electron chi connectivity index (χ4n) is 3.59. The monoisotopic (exact) mass is 406 g/mol. The largest absolute Gasteiger partial charge is 0.489 e. The van der Waals surface area contributed by atoms with Crippen LogP contribution < -0.4 is 15.0 Å². The normalized spacial score (nSPS) is 17.9. The number of alkyl halides is 3. The highest BCUT2D eigenvalue weighted by Gasteiger charge is 2.32. The molecule has 0 aromatic heterocycles. The summed E-state index contributed by atoms with van der Waals surface area (Å²) >= 11 is 0. The van der Waals surface area contributed by atoms with Gasteiger partial charge < -0.3 is 15.0 Å². The highest BCUT2D eigenvalue weighted by atomic mass is 19.4. The maximum Gasteiger partial charge on any atom is 0.416 e. The van der Waals surface area contributed by atoms with Crippen molar-refractivity contribution in [2.24, 2.45) is 0 Å². The van der Waals surface area contributed by atoms with Crippen LogP contribution in [0.4, 0.5) is 18.9 Å². The van der Waals surface area contributed by atoms with Crippen molar-refractivity contribution in [1.29, 1.82) is 0 Å². The molecule has 0 saturated carbocycles. The topological polar surface area (TPSA) is 41.6 Å². The Labute approximate surface area is 168 Å². The van der Waals surface area contributed by atoms with E-state index < -0.39 is 11.7 Å². The Balaban J connectivity index is 1.64. The van der Waals surface area contributed by atoms with Crippen LogP contribution in [0.2, 0.25) is 0 Å². The molecule has 156 valence electrons. The number of rotatable bonds is 5. The number of hydrogen-bond acceptors (Lipinski definition) is 3. The predicted octanol–water partition coefficient (Wildman–Crippen LogP) is 4.87. The van der Waals surface area contributed by atoms with Gasteiger partial charge in [0.25, 0.3) is 0 Å². The third-order valence-electron chi connectivity index (χ3n) is 5.12. The van der Waals surface area contributed by atoms with Crippen LogP contribution in [0.3, 0.4) is 0 Å². The molecular formula is C22H25F3N2O2. The number of nitrogens with one attached hydrogen (secondary N) is 1. The van der Waals surface area contributed by atoms with Gasteiger partial charge in [0.1, 0.15) is 11.9 Å². The minimum atomic E-state index is -4.35. The van der Waals surface area contributed by atoms with Gasteiger partial charge in [-0.25, -0.2) is 0 Å². The Morgan fingerprint density at radius 2 is 1.90 bits per heavy atom. The lowest BCUT2D eigenvalue weighted by atomic mass is 10.1. The Kier molecular flexibility index (Phi) is 6.05. The van der Waals surface area contributed by atoms with Crippen molar-refractivity contribution in [3.63, 3.8) is 0 Å². The molecule has 0 bridgehead atoms. The van der Waals surface area contributed by atoms with Crippen molar-refractivity contribution in [3.05, 3.63) is 59.2 Å². The molecule has 7 heteroatoms. The number of anilines is 1. The van der Waals surface area contributed by atoms with Crippen LogP contribution in [-0.2, 0) is 11.0 Å². The van der Waals surface area contributed by atoms with Gasteiger partial charge >= 0.3 is 6.18 Å². The average Bonchev–Trinajstić information content (AvgIpc) is 3.09. The summed E-state index contributed by atoms with van der Waals surface area (Å²) in [5, 5.41) is 2.83. The van der Waals surface area contributed by atoms with Crippen LogP contribution in [-0.4, -0.2) is 25.1 Å². The van der Waals surface area contributed by atoms with Crippen molar-refractivity contribution in [3.8, 4) is 5.75 Å². The minimum Gasteiger partial charge on any atom is -0.489 e. The van der Waals surface area contributed by atoms with E-state index in [0.717, 1.165) is 23.6 Å². The van der Waals surface area contributed by atoms with Gasteiger partial charge in [-0.3, -0.25) is 4.79 Å². The molecule has 1 N–H and O–H groups in total. The first kappa shape index (κ1) is 21.0. The fraction of sp³-hybridized carbons (Fsp3) is 0.409. The summed E-state index contributed by atoms with van der Waals surface area (Å²) < 4.78 is 45.2. The smallest absolute Gasteiger partial charge is 0.416 e. The zero-order chi connectivity index (χ0) is 21.2. The zero-order valence-corrected chi connectivity index (χ0v) is 16.7. The molecule has 1 aliphatic heterocycles. The highest BCUT2D eigenvalue weighted by Crippen LogP contribution is 2.34. The molecule has 3 rings (SSSR count). The van der Waals surface area contributed by atoms with Gasteiger partial charge in [-0.2, -0.15) is 13.2 Å². The van der Waals surface area contributed by atoms with Gasteiger partial charge in [0.05, 0.1) is 18.2 Å². The number of halogens is 3. The number of ether oxygens (including phenoxy) is 1. The third-order valence-corrected chi connectivity index (χ3v) is 5.12. The first-order valence-electron chi connectivity index (χ1n) is 9.60. The van der Waals surface area contributed by atoms with Crippen LogP contribution in [0.1, 0.15) is 43.0 Å². The van der Waals surface area contributed by atoms with Gasteiger partial charge in [-0.1, -0.05) is 18.2 Å². The summed E-state index contributed by atoms with van der Waals surface area (Å²) in [4.78, 5) is 13.1. The SMILES string of the molecule is CC(=O)N[C@@H](C)c1ccc(O[C@@H]2CCN(c3cc(C(F)(F)F)ccc3C)C2)cc1. The van der Waals surface area contributed by atoms with Crippen LogP contribution in [0.5, 0.6) is 5.75 Å². The molecule has 0 spiro atoms. The number of nitrogens with zero attached hydrogens (tertiary/aromatic N) is 1. The molecule has 4 nitrogen and oxygen atoms in total. The summed E-state index contributed by atoms with van der Waals surface area (Å²) in [6, 6.07) is 11.3. The molecule has 29 heavy (non-hydrogen) atoms. The van der Waals surface area contributed by atoms with Gasteiger partial charge in [0.15, 0.2) is 0 Å². The molecule has 2 aromatic carbocycles. The molecule has 0 aliphatic carbocycles. The van der Waals surface area contributed by atoms with Crippen LogP contribution in [0, 0.1) is 6.92 Å². The second-order valence-electron chi connectivity index (χ2n) is 7.46. The Hall–Kier alpha value is -2.70. The van der Waals surface area contributed by atoms with E-state index in [9.17, 15) is 18.0 Å². The summed E-state index contributed by atoms with van der Waals surface area (Å²) in [5.74, 6) is 0.616. The van der Waals surface area contributed by atoms with E-state index in [1.807, 2.05) is 43.0 Å². The standard InChI is InChI=1S/C22H25F3N2O2/c1-14-4-7-18(22(23,24)25)12-21(14)27-11-10-20(13-27)29-19-8-5-17(6-9-19)15(2)26-16(3)28/h4-9,12,15,20H,10-11,13H2,1-3H3,(H,26,28)/t15-,20+/m0/s1. The average molecular weight is 406 g/mol. The lowest BCUT2D eigenvalue weighted by Gasteiger charge is -2.22. The third kappa shape index (κ3) is 5.22. The zero-order valence-electron chi connectivity index (χ0n) is 16.7. The predicted molar refractivity (Wildman–Crippen MR) is 106 cm³/mol. The van der Waals surface area contributed by atoms with Gasteiger partial charge in [-0.05, 0) is 49.2 Å². The number of benzene rings is 2. The lowest BCUT2D eigenvalue weighted by Crippen LogP contribution is -2.25. The number of amides is 1. The maximum atomic E-state index is 13.0. The first-order chi connectivity index (χ1) is 13.6. The van der Waals surface area contributed by atoms with Crippen molar-refractivity contribution >= 4 is 11.6 Å². The van der Waals surface area contributed by atoms with Crippen LogP contribution >= 0.6 is 0 Å². The van der Waals surface area contributed by atoms with E-state index in [1.54, 1.807) is 0 Å². The number of hydrogen-bond donors (Lipinski definition) is 1. The molecule has 1 fully saturated rings. The molecule has 0 unspecified atom stereocenters. The van der Waals surface area contributed by atoms with Crippen LogP contribution in [0.25, 0.3) is 0 Å². The van der Waals surface area contributed by atoms with Crippen molar-refractivity contribution < 1.29 is 22.7 Å². The molecule has 2 atom stereocenters. The summed E-state index contributed by atoms with van der Waals surface area (Å²) in [6.07, 6.45) is -3.71. The second kappa shape index (κ2) is 8.35. The summed E-state index contributed by atoms with van der Waals surface area (Å²) in [5.41, 5.74) is 1.76. The maximum absolute atomic E-state index is 13.0. The first-order valence-corrected chi connectivity index (χ1v) is 9.60. The van der Waals surface area contributed by atoms with Gasteiger partial charge in [-0.15, -0.1) is 0 Å². The lowest BCUT2D eigenvalue weighted by molar-refractivity contribution is -0.137. The summed E-state index contributed by atoms with van der Waals surface area (Å²) in [7, 11) is 0. The number of aryl methyl sites for hydroxylation is 1. The van der Waals surface area contributed by atoms with E-state index >= 15 is 0 Å². The van der Waals surface area contributed by atoms with Gasteiger partial charge in [0, 0.05) is 25.6 Å². The van der Waals surface area contributed by atoms with Crippen molar-refractivity contribution in [2.45, 2.75) is 45.5 Å². The number of carbonyl (C=O) groups is 1. The minimum absolute atomic E-state index is 0.0891.